The molecule has 8 heteroatoms. The van der Waals surface area contributed by atoms with Crippen LogP contribution < -0.4 is 0 Å². The molecule has 2 N–H and O–H groups in total. The predicted octanol–water partition coefficient (Wildman–Crippen LogP) is 7.59. The monoisotopic (exact) mass is 486 g/mol. The van der Waals surface area contributed by atoms with Gasteiger partial charge < -0.3 is 10.2 Å². The first kappa shape index (κ1) is 28.5. The first-order valence-electron chi connectivity index (χ1n) is 12.0. The van der Waals surface area contributed by atoms with Gasteiger partial charge in [0.2, 0.25) is 0 Å². The first-order chi connectivity index (χ1) is 14.8. The lowest BCUT2D eigenvalue weighted by Gasteiger charge is -2.50. The Morgan fingerprint density at radius 1 is 0.909 bits per heavy atom. The van der Waals surface area contributed by atoms with E-state index in [1.165, 1.54) is 0 Å². The highest BCUT2D eigenvalue weighted by Gasteiger charge is 2.69. The summed E-state index contributed by atoms with van der Waals surface area (Å²) in [7, 11) is 0. The molecule has 0 spiro atoms. The molecule has 0 radical (unpaired) electrons. The van der Waals surface area contributed by atoms with Gasteiger partial charge in [-0.3, -0.25) is 0 Å². The SMILES string of the molecule is CC(C)(C)CCC[C@@](C)(C/C=C\C(O)(C(F)(F)F)C(F)(F)F)[C@H]1CCC2C(O)CCCC21C. The standard InChI is InChI=1S/C25H40F6O2/c1-20(2,3)12-7-13-21(4,14-8-16-23(33,24(26,27)28)25(29,30)31)19-11-10-17-18(32)9-6-15-22(17,19)5/h8,16-19,32-33H,6-7,9-15H2,1-5H3/b16-8-/t17?,18?,19-,21+,22?/m1/s1. The van der Waals surface area contributed by atoms with Gasteiger partial charge in [0.25, 0.3) is 5.60 Å². The molecular weight excluding hydrogens is 446 g/mol. The van der Waals surface area contributed by atoms with E-state index in [-0.39, 0.29) is 35.2 Å². The fourth-order valence-electron chi connectivity index (χ4n) is 6.58. The van der Waals surface area contributed by atoms with E-state index in [1.54, 1.807) is 0 Å². The lowest BCUT2D eigenvalue weighted by molar-refractivity contribution is -0.347. The van der Waals surface area contributed by atoms with Crippen LogP contribution >= 0.6 is 0 Å². The third-order valence-electron chi connectivity index (χ3n) is 8.41. The van der Waals surface area contributed by atoms with Crippen LogP contribution in [0.15, 0.2) is 12.2 Å². The molecule has 2 fully saturated rings. The van der Waals surface area contributed by atoms with Crippen molar-refractivity contribution in [3.63, 3.8) is 0 Å². The summed E-state index contributed by atoms with van der Waals surface area (Å²) in [5.74, 6) is 0.170. The van der Waals surface area contributed by atoms with E-state index < -0.39 is 29.5 Å². The molecule has 0 aromatic heterocycles. The number of aliphatic hydroxyl groups is 2. The number of allylic oxidation sites excluding steroid dienone is 1. The summed E-state index contributed by atoms with van der Waals surface area (Å²) < 4.78 is 78.8. The lowest BCUT2D eigenvalue weighted by Crippen LogP contribution is -2.55. The van der Waals surface area contributed by atoms with E-state index in [2.05, 4.69) is 27.7 Å². The molecule has 0 bridgehead atoms. The highest BCUT2D eigenvalue weighted by molar-refractivity contribution is 5.13. The predicted molar refractivity (Wildman–Crippen MR) is 116 cm³/mol. The van der Waals surface area contributed by atoms with Crippen LogP contribution in [0.2, 0.25) is 0 Å². The van der Waals surface area contributed by atoms with Crippen molar-refractivity contribution in [2.45, 2.75) is 116 Å². The maximum atomic E-state index is 13.1. The van der Waals surface area contributed by atoms with Crippen LogP contribution in [-0.2, 0) is 0 Å². The second-order valence-corrected chi connectivity index (χ2v) is 12.1. The topological polar surface area (TPSA) is 40.5 Å². The van der Waals surface area contributed by atoms with Crippen molar-refractivity contribution in [2.75, 3.05) is 0 Å². The Morgan fingerprint density at radius 2 is 1.48 bits per heavy atom. The Labute approximate surface area is 193 Å². The van der Waals surface area contributed by atoms with Crippen LogP contribution in [-0.4, -0.2) is 34.3 Å². The summed E-state index contributed by atoms with van der Waals surface area (Å²) >= 11 is 0. The smallest absolute Gasteiger partial charge is 0.393 e. The average Bonchev–Trinajstić information content (AvgIpc) is 2.97. The summed E-state index contributed by atoms with van der Waals surface area (Å²) in [6.07, 6.45) is -4.90. The molecule has 2 rings (SSSR count). The fraction of sp³-hybridized carbons (Fsp3) is 0.920. The zero-order chi connectivity index (χ0) is 25.5. The second-order valence-electron chi connectivity index (χ2n) is 12.1. The Bertz CT molecular complexity index is 678. The van der Waals surface area contributed by atoms with Crippen LogP contribution in [0.5, 0.6) is 0 Å². The van der Waals surface area contributed by atoms with Crippen molar-refractivity contribution in [2.24, 2.45) is 28.1 Å². The third-order valence-corrected chi connectivity index (χ3v) is 8.41. The zero-order valence-corrected chi connectivity index (χ0v) is 20.4. The maximum absolute atomic E-state index is 13.1. The molecule has 3 unspecified atom stereocenters. The van der Waals surface area contributed by atoms with E-state index in [0.717, 1.165) is 51.0 Å². The second kappa shape index (κ2) is 9.36. The van der Waals surface area contributed by atoms with Crippen molar-refractivity contribution in [1.29, 1.82) is 0 Å². The molecule has 2 aliphatic carbocycles. The van der Waals surface area contributed by atoms with Crippen molar-refractivity contribution >= 4 is 0 Å². The molecule has 33 heavy (non-hydrogen) atoms. The van der Waals surface area contributed by atoms with Gasteiger partial charge in [-0.2, -0.15) is 26.3 Å². The molecule has 0 amide bonds. The molecule has 2 nitrogen and oxygen atoms in total. The molecule has 0 aromatic carbocycles. The Kier molecular flexibility index (Phi) is 8.08. The van der Waals surface area contributed by atoms with Gasteiger partial charge in [-0.1, -0.05) is 53.5 Å². The average molecular weight is 487 g/mol. The van der Waals surface area contributed by atoms with Gasteiger partial charge in [0, 0.05) is 0 Å². The highest BCUT2D eigenvalue weighted by Crippen LogP contribution is 2.62. The summed E-state index contributed by atoms with van der Waals surface area (Å²) in [5, 5.41) is 20.1. The molecule has 5 atom stereocenters. The molecule has 194 valence electrons. The molecule has 0 aliphatic heterocycles. The van der Waals surface area contributed by atoms with E-state index in [1.807, 2.05) is 6.92 Å². The molecule has 0 aromatic rings. The van der Waals surface area contributed by atoms with Gasteiger partial charge in [-0.15, -0.1) is 0 Å². The quantitative estimate of drug-likeness (QED) is 0.288. The van der Waals surface area contributed by atoms with Gasteiger partial charge in [0.15, 0.2) is 0 Å². The van der Waals surface area contributed by atoms with Crippen LogP contribution in [0.25, 0.3) is 0 Å². The summed E-state index contributed by atoms with van der Waals surface area (Å²) in [6.45, 7) is 10.4. The van der Waals surface area contributed by atoms with Crippen LogP contribution in [0, 0.1) is 28.1 Å². The number of alkyl halides is 6. The van der Waals surface area contributed by atoms with Crippen LogP contribution in [0.1, 0.15) is 92.4 Å². The van der Waals surface area contributed by atoms with Crippen LogP contribution in [0.3, 0.4) is 0 Å². The van der Waals surface area contributed by atoms with E-state index >= 15 is 0 Å². The van der Waals surface area contributed by atoms with Crippen molar-refractivity contribution in [3.8, 4) is 0 Å². The molecule has 0 saturated heterocycles. The number of halogens is 6. The third kappa shape index (κ3) is 5.91. The van der Waals surface area contributed by atoms with Gasteiger partial charge in [0.05, 0.1) is 6.10 Å². The number of rotatable bonds is 7. The van der Waals surface area contributed by atoms with E-state index in [0.29, 0.717) is 6.42 Å². The fourth-order valence-corrected chi connectivity index (χ4v) is 6.58. The first-order valence-corrected chi connectivity index (χ1v) is 12.0. The lowest BCUT2D eigenvalue weighted by atomic mass is 9.55. The largest absolute Gasteiger partial charge is 0.429 e. The molecular formula is C25H40F6O2. The minimum atomic E-state index is -5.86. The molecule has 0 heterocycles. The Hall–Kier alpha value is -0.760. The number of hydrogen-bond acceptors (Lipinski definition) is 2. The van der Waals surface area contributed by atoms with Gasteiger partial charge >= 0.3 is 12.4 Å². The van der Waals surface area contributed by atoms with Gasteiger partial charge in [-0.05, 0) is 79.1 Å². The van der Waals surface area contributed by atoms with Gasteiger partial charge in [0.1, 0.15) is 0 Å². The van der Waals surface area contributed by atoms with Crippen molar-refractivity contribution < 1.29 is 36.6 Å². The summed E-state index contributed by atoms with van der Waals surface area (Å²) in [6, 6.07) is 0. The number of fused-ring (bicyclic) bond motifs is 1. The minimum absolute atomic E-state index is 0.00862. The Balaban J connectivity index is 2.35. The van der Waals surface area contributed by atoms with Crippen LogP contribution in [0.4, 0.5) is 26.3 Å². The van der Waals surface area contributed by atoms with E-state index in [4.69, 9.17) is 0 Å². The maximum Gasteiger partial charge on any atom is 0.429 e. The highest BCUT2D eigenvalue weighted by atomic mass is 19.4. The van der Waals surface area contributed by atoms with Crippen molar-refractivity contribution in [3.05, 3.63) is 12.2 Å². The molecule has 2 aliphatic rings. The van der Waals surface area contributed by atoms with Gasteiger partial charge in [-0.25, -0.2) is 0 Å². The summed E-state index contributed by atoms with van der Waals surface area (Å²) in [5.41, 5.74) is -5.55. The Morgan fingerprint density at radius 3 is 2.00 bits per heavy atom. The number of hydrogen-bond donors (Lipinski definition) is 2. The molecule has 2 saturated carbocycles. The minimum Gasteiger partial charge on any atom is -0.393 e. The zero-order valence-electron chi connectivity index (χ0n) is 20.4. The normalized spacial score (nSPS) is 31.6. The number of aliphatic hydroxyl groups excluding tert-OH is 1. The summed E-state index contributed by atoms with van der Waals surface area (Å²) in [4.78, 5) is 0. The van der Waals surface area contributed by atoms with E-state index in [9.17, 15) is 36.6 Å². The van der Waals surface area contributed by atoms with Crippen molar-refractivity contribution in [1.82, 2.24) is 0 Å².